The number of fused-ring (bicyclic) bond motifs is 1. The van der Waals surface area contributed by atoms with Crippen molar-refractivity contribution in [2.75, 3.05) is 19.6 Å². The maximum absolute atomic E-state index is 12.6. The number of nitrogens with one attached hydrogen (secondary N) is 3. The summed E-state index contributed by atoms with van der Waals surface area (Å²) in [7, 11) is 0. The molecule has 0 aliphatic heterocycles. The topological polar surface area (TPSA) is 78.0 Å². The Morgan fingerprint density at radius 2 is 2.00 bits per heavy atom. The van der Waals surface area contributed by atoms with Gasteiger partial charge >= 0.3 is 6.18 Å². The van der Waals surface area contributed by atoms with Crippen LogP contribution in [-0.2, 0) is 19.0 Å². The van der Waals surface area contributed by atoms with Crippen LogP contribution in [0.5, 0.6) is 0 Å². The third-order valence-electron chi connectivity index (χ3n) is 3.87. The molecule has 0 spiro atoms. The van der Waals surface area contributed by atoms with Gasteiger partial charge in [-0.25, -0.2) is 9.97 Å². The van der Waals surface area contributed by atoms with Crippen LogP contribution >= 0.6 is 11.3 Å². The predicted octanol–water partition coefficient (Wildman–Crippen LogP) is 3.38. The second-order valence-electron chi connectivity index (χ2n) is 6.01. The Morgan fingerprint density at radius 3 is 2.71 bits per heavy atom. The molecule has 0 fully saturated rings. The Hall–Kier alpha value is -2.62. The highest BCUT2D eigenvalue weighted by Crippen LogP contribution is 2.30. The second-order valence-corrected chi connectivity index (χ2v) is 6.95. The van der Waals surface area contributed by atoms with Crippen molar-refractivity contribution >= 4 is 28.3 Å². The lowest BCUT2D eigenvalue weighted by Crippen LogP contribution is -2.38. The summed E-state index contributed by atoms with van der Waals surface area (Å²) in [5, 5.41) is 7.80. The Kier molecular flexibility index (Phi) is 6.50. The molecule has 10 heteroatoms. The van der Waals surface area contributed by atoms with E-state index in [1.54, 1.807) is 0 Å². The van der Waals surface area contributed by atoms with E-state index in [0.29, 0.717) is 43.4 Å². The summed E-state index contributed by atoms with van der Waals surface area (Å²) in [4.78, 5) is 15.8. The molecule has 2 aromatic heterocycles. The first kappa shape index (κ1) is 20.1. The molecule has 0 radical (unpaired) electrons. The number of aliphatic imine (C=N–C) groups is 1. The van der Waals surface area contributed by atoms with Crippen LogP contribution in [-0.4, -0.2) is 40.5 Å². The molecule has 0 aliphatic rings. The summed E-state index contributed by atoms with van der Waals surface area (Å²) in [6.07, 6.45) is -3.34. The van der Waals surface area contributed by atoms with E-state index in [0.717, 1.165) is 33.6 Å². The SMILES string of the molecule is CCNC(=NCCc1nc(C(F)(F)F)cs1)NCCc1nc2ccccc2[nH]1. The molecular formula is C18H21F3N6S. The average Bonchev–Trinajstić information content (AvgIpc) is 3.28. The van der Waals surface area contributed by atoms with Crippen LogP contribution in [0.1, 0.15) is 23.4 Å². The summed E-state index contributed by atoms with van der Waals surface area (Å²) in [6, 6.07) is 7.84. The zero-order valence-corrected chi connectivity index (χ0v) is 16.1. The molecule has 28 heavy (non-hydrogen) atoms. The normalized spacial score (nSPS) is 12.5. The third-order valence-corrected chi connectivity index (χ3v) is 4.78. The van der Waals surface area contributed by atoms with Crippen molar-refractivity contribution in [2.45, 2.75) is 25.9 Å². The van der Waals surface area contributed by atoms with E-state index >= 15 is 0 Å². The summed E-state index contributed by atoms with van der Waals surface area (Å²) in [5.74, 6) is 1.50. The molecular weight excluding hydrogens is 389 g/mol. The van der Waals surface area contributed by atoms with Gasteiger partial charge in [-0.15, -0.1) is 11.3 Å². The van der Waals surface area contributed by atoms with Crippen molar-refractivity contribution in [3.05, 3.63) is 46.2 Å². The van der Waals surface area contributed by atoms with E-state index in [2.05, 4.69) is 30.6 Å². The molecule has 3 rings (SSSR count). The summed E-state index contributed by atoms with van der Waals surface area (Å²) >= 11 is 1.00. The highest BCUT2D eigenvalue weighted by Gasteiger charge is 2.33. The number of aromatic nitrogens is 3. The maximum atomic E-state index is 12.6. The van der Waals surface area contributed by atoms with Gasteiger partial charge in [0.15, 0.2) is 11.7 Å². The number of rotatable bonds is 7. The van der Waals surface area contributed by atoms with Gasteiger partial charge in [-0.05, 0) is 19.1 Å². The first-order chi connectivity index (χ1) is 13.5. The molecule has 1 aromatic carbocycles. The zero-order valence-electron chi connectivity index (χ0n) is 15.3. The van der Waals surface area contributed by atoms with E-state index in [1.807, 2.05) is 31.2 Å². The minimum Gasteiger partial charge on any atom is -0.357 e. The Bertz CT molecular complexity index is 898. The van der Waals surface area contributed by atoms with Gasteiger partial charge in [0.1, 0.15) is 5.82 Å². The number of hydrogen-bond acceptors (Lipinski definition) is 4. The number of halogens is 3. The summed E-state index contributed by atoms with van der Waals surface area (Å²) in [5.41, 5.74) is 1.09. The van der Waals surface area contributed by atoms with Crippen LogP contribution < -0.4 is 10.6 Å². The monoisotopic (exact) mass is 410 g/mol. The van der Waals surface area contributed by atoms with Gasteiger partial charge in [0, 0.05) is 37.9 Å². The van der Waals surface area contributed by atoms with Crippen LogP contribution in [0.25, 0.3) is 11.0 Å². The maximum Gasteiger partial charge on any atom is 0.434 e. The molecule has 6 nitrogen and oxygen atoms in total. The Balaban J connectivity index is 1.50. The van der Waals surface area contributed by atoms with E-state index < -0.39 is 11.9 Å². The van der Waals surface area contributed by atoms with Crippen molar-refractivity contribution in [2.24, 2.45) is 4.99 Å². The Morgan fingerprint density at radius 1 is 1.18 bits per heavy atom. The number of hydrogen-bond donors (Lipinski definition) is 3. The van der Waals surface area contributed by atoms with Crippen molar-refractivity contribution in [1.29, 1.82) is 0 Å². The highest BCUT2D eigenvalue weighted by molar-refractivity contribution is 7.09. The van der Waals surface area contributed by atoms with E-state index in [4.69, 9.17) is 0 Å². The molecule has 3 aromatic rings. The number of imidazole rings is 1. The first-order valence-electron chi connectivity index (χ1n) is 8.93. The molecule has 0 saturated carbocycles. The van der Waals surface area contributed by atoms with Crippen LogP contribution in [0, 0.1) is 0 Å². The number of para-hydroxylation sites is 2. The van der Waals surface area contributed by atoms with Crippen LogP contribution in [0.2, 0.25) is 0 Å². The number of benzene rings is 1. The largest absolute Gasteiger partial charge is 0.434 e. The van der Waals surface area contributed by atoms with Crippen LogP contribution in [0.3, 0.4) is 0 Å². The van der Waals surface area contributed by atoms with Crippen molar-refractivity contribution in [1.82, 2.24) is 25.6 Å². The number of nitrogens with zero attached hydrogens (tertiary/aromatic N) is 3. The zero-order chi connectivity index (χ0) is 20.0. The van der Waals surface area contributed by atoms with E-state index in [-0.39, 0.29) is 0 Å². The third kappa shape index (κ3) is 5.44. The van der Waals surface area contributed by atoms with Crippen molar-refractivity contribution in [3.63, 3.8) is 0 Å². The molecule has 0 saturated heterocycles. The minimum atomic E-state index is -4.40. The smallest absolute Gasteiger partial charge is 0.357 e. The number of thiazole rings is 1. The summed E-state index contributed by atoms with van der Waals surface area (Å²) in [6.45, 7) is 3.62. The van der Waals surface area contributed by atoms with Gasteiger partial charge in [0.05, 0.1) is 16.0 Å². The van der Waals surface area contributed by atoms with Gasteiger partial charge in [0.2, 0.25) is 0 Å². The van der Waals surface area contributed by atoms with Gasteiger partial charge in [0.25, 0.3) is 0 Å². The fourth-order valence-electron chi connectivity index (χ4n) is 2.58. The van der Waals surface area contributed by atoms with E-state index in [9.17, 15) is 13.2 Å². The molecule has 0 atom stereocenters. The number of H-pyrrole nitrogens is 1. The van der Waals surface area contributed by atoms with Gasteiger partial charge in [-0.3, -0.25) is 4.99 Å². The van der Waals surface area contributed by atoms with Gasteiger partial charge in [-0.1, -0.05) is 12.1 Å². The van der Waals surface area contributed by atoms with Crippen LogP contribution in [0.15, 0.2) is 34.6 Å². The fourth-order valence-corrected chi connectivity index (χ4v) is 3.38. The molecule has 150 valence electrons. The van der Waals surface area contributed by atoms with Gasteiger partial charge < -0.3 is 15.6 Å². The van der Waals surface area contributed by atoms with Crippen molar-refractivity contribution < 1.29 is 13.2 Å². The quantitative estimate of drug-likeness (QED) is 0.412. The summed E-state index contributed by atoms with van der Waals surface area (Å²) < 4.78 is 37.8. The van der Waals surface area contributed by atoms with Gasteiger partial charge in [-0.2, -0.15) is 13.2 Å². The molecule has 2 heterocycles. The minimum absolute atomic E-state index is 0.352. The predicted molar refractivity (Wildman–Crippen MR) is 105 cm³/mol. The highest BCUT2D eigenvalue weighted by atomic mass is 32.1. The molecule has 0 unspecified atom stereocenters. The Labute approximate surface area is 164 Å². The molecule has 0 amide bonds. The van der Waals surface area contributed by atoms with Crippen molar-refractivity contribution in [3.8, 4) is 0 Å². The second kappa shape index (κ2) is 9.05. The lowest BCUT2D eigenvalue weighted by atomic mass is 10.3. The molecule has 0 bridgehead atoms. The number of guanidine groups is 1. The average molecular weight is 410 g/mol. The number of aromatic amines is 1. The number of alkyl halides is 3. The molecule has 3 N–H and O–H groups in total. The molecule has 0 aliphatic carbocycles. The lowest BCUT2D eigenvalue weighted by Gasteiger charge is -2.10. The van der Waals surface area contributed by atoms with Crippen LogP contribution in [0.4, 0.5) is 13.2 Å². The van der Waals surface area contributed by atoms with E-state index in [1.165, 1.54) is 0 Å². The standard InChI is InChI=1S/C18H21F3N6S/c1-2-22-17(24-10-8-16-27-14(11-28-16)18(19,20)21)23-9-7-15-25-12-5-3-4-6-13(12)26-15/h3-6,11H,2,7-10H2,1H3,(H,25,26)(H2,22,23,24). The fraction of sp³-hybridized carbons (Fsp3) is 0.389. The lowest BCUT2D eigenvalue weighted by molar-refractivity contribution is -0.140. The first-order valence-corrected chi connectivity index (χ1v) is 9.81.